The predicted octanol–water partition coefficient (Wildman–Crippen LogP) is 10.0. The molecule has 11 nitrogen and oxygen atoms in total. The summed E-state index contributed by atoms with van der Waals surface area (Å²) in [6.07, 6.45) is 4.06. The number of thioether (sulfide) groups is 1. The summed E-state index contributed by atoms with van der Waals surface area (Å²) in [5.74, 6) is -0.685. The monoisotopic (exact) mass is 1010 g/mol. The molecule has 0 radical (unpaired) electrons. The average Bonchev–Trinajstić information content (AvgIpc) is 3.28. The largest absolute Gasteiger partial charge is 0.501 e. The van der Waals surface area contributed by atoms with Gasteiger partial charge in [0.05, 0.1) is 22.8 Å². The van der Waals surface area contributed by atoms with Gasteiger partial charge in [0.2, 0.25) is 6.43 Å². The number of piperidine rings is 1. The number of sulfone groups is 1. The summed E-state index contributed by atoms with van der Waals surface area (Å²) in [5.41, 5.74) is -2.57. The summed E-state index contributed by atoms with van der Waals surface area (Å²) >= 11 is 1.45. The Morgan fingerprint density at radius 3 is 2.18 bits per heavy atom. The maximum absolute atomic E-state index is 14.3. The van der Waals surface area contributed by atoms with Gasteiger partial charge in [-0.05, 0) is 125 Å². The SMILES string of the molecule is CC(C)OC1CCN(CCC(CSc2ccccc2)Nc2ccc(S(=O)(=O)NC(=O)c3ccc(N4CCN(CC5=C(CCCC(F)F)CC(C)(C)CC5)CC4)cc3)cc2S(=O)(=O)C(F)(F)F)CC1. The molecule has 2 heterocycles. The van der Waals surface area contributed by atoms with Gasteiger partial charge >= 0.3 is 5.51 Å². The van der Waals surface area contributed by atoms with Crippen LogP contribution >= 0.6 is 11.8 Å². The number of benzene rings is 3. The Morgan fingerprint density at radius 1 is 0.868 bits per heavy atom. The first-order valence-corrected chi connectivity index (χ1v) is 27.4. The molecule has 1 unspecified atom stereocenters. The number of sulfonamides is 1. The highest BCUT2D eigenvalue weighted by Crippen LogP contribution is 2.41. The molecule has 2 N–H and O–H groups in total. The van der Waals surface area contributed by atoms with Crippen LogP contribution in [0.4, 0.5) is 33.3 Å². The summed E-state index contributed by atoms with van der Waals surface area (Å²) in [6.45, 7) is 14.2. The van der Waals surface area contributed by atoms with Crippen LogP contribution in [0.1, 0.15) is 95.8 Å². The Kier molecular flexibility index (Phi) is 18.5. The highest BCUT2D eigenvalue weighted by Gasteiger charge is 2.48. The molecule has 0 bridgehead atoms. The number of hydrogen-bond donors (Lipinski definition) is 2. The van der Waals surface area contributed by atoms with Crippen LogP contribution in [-0.2, 0) is 24.6 Å². The lowest BCUT2D eigenvalue weighted by Crippen LogP contribution is -2.47. The van der Waals surface area contributed by atoms with Crippen LogP contribution in [0.25, 0.3) is 0 Å². The number of rotatable bonds is 21. The van der Waals surface area contributed by atoms with Crippen LogP contribution in [0.3, 0.4) is 0 Å². The highest BCUT2D eigenvalue weighted by atomic mass is 32.2. The number of anilines is 2. The number of ether oxygens (including phenoxy) is 1. The molecule has 19 heteroatoms. The number of alkyl halides is 5. The molecule has 0 saturated carbocycles. The van der Waals surface area contributed by atoms with Crippen LogP contribution in [0.15, 0.2) is 98.6 Å². The minimum absolute atomic E-state index is 0.0284. The second kappa shape index (κ2) is 23.4. The normalized spacial score (nSPS) is 18.6. The zero-order valence-electron chi connectivity index (χ0n) is 39.4. The Morgan fingerprint density at radius 2 is 1.54 bits per heavy atom. The third-order valence-electron chi connectivity index (χ3n) is 12.9. The molecular weight excluding hydrogens is 946 g/mol. The first-order valence-electron chi connectivity index (χ1n) is 23.5. The zero-order chi connectivity index (χ0) is 49.3. The first kappa shape index (κ1) is 53.6. The van der Waals surface area contributed by atoms with Crippen molar-refractivity contribution in [3.8, 4) is 0 Å². The van der Waals surface area contributed by atoms with Crippen LogP contribution in [0.2, 0.25) is 0 Å². The third-order valence-corrected chi connectivity index (χ3v) is 16.9. The molecule has 68 heavy (non-hydrogen) atoms. The number of likely N-dealkylation sites (tertiary alicyclic amines) is 1. The Hall–Kier alpha value is -3.75. The second-order valence-electron chi connectivity index (χ2n) is 19.2. The van der Waals surface area contributed by atoms with Gasteiger partial charge in [0.25, 0.3) is 25.8 Å². The molecule has 0 aromatic heterocycles. The fraction of sp³-hybridized carbons (Fsp3) is 0.571. The Labute approximate surface area is 403 Å². The minimum atomic E-state index is -6.08. The third kappa shape index (κ3) is 15.1. The maximum Gasteiger partial charge on any atom is 0.501 e. The summed E-state index contributed by atoms with van der Waals surface area (Å²) in [6, 6.07) is 17.6. The van der Waals surface area contributed by atoms with E-state index in [0.717, 1.165) is 87.5 Å². The summed E-state index contributed by atoms with van der Waals surface area (Å²) < 4.78 is 130. The molecular formula is C49H66F5N5O6S3. The van der Waals surface area contributed by atoms with E-state index in [9.17, 15) is 43.6 Å². The lowest BCUT2D eigenvalue weighted by atomic mass is 9.73. The van der Waals surface area contributed by atoms with Gasteiger partial charge in [0.1, 0.15) is 4.90 Å². The smallest absolute Gasteiger partial charge is 0.380 e. The van der Waals surface area contributed by atoms with Gasteiger partial charge in [-0.2, -0.15) is 13.2 Å². The number of carbonyl (C=O) groups excluding carboxylic acids is 1. The summed E-state index contributed by atoms with van der Waals surface area (Å²) in [5, 5.41) is 3.02. The van der Waals surface area contributed by atoms with Gasteiger partial charge in [0, 0.05) is 86.7 Å². The van der Waals surface area contributed by atoms with E-state index in [1.807, 2.05) is 48.9 Å². The van der Waals surface area contributed by atoms with Crippen LogP contribution < -0.4 is 14.9 Å². The van der Waals surface area contributed by atoms with Gasteiger partial charge in [-0.25, -0.2) is 30.3 Å². The van der Waals surface area contributed by atoms with Gasteiger partial charge in [-0.1, -0.05) is 43.2 Å². The molecule has 2 saturated heterocycles. The number of halogens is 5. The Bertz CT molecular complexity index is 2390. The number of nitrogens with one attached hydrogen (secondary N) is 2. The number of amides is 1. The molecule has 1 aliphatic carbocycles. The summed E-state index contributed by atoms with van der Waals surface area (Å²) in [4.78, 5) is 18.9. The average molecular weight is 1010 g/mol. The molecule has 3 aliphatic rings. The Balaban J connectivity index is 1.11. The van der Waals surface area contributed by atoms with E-state index in [-0.39, 0.29) is 29.6 Å². The maximum atomic E-state index is 14.3. The van der Waals surface area contributed by atoms with E-state index in [1.165, 1.54) is 35.0 Å². The second-order valence-corrected chi connectivity index (χ2v) is 23.8. The van der Waals surface area contributed by atoms with E-state index in [0.29, 0.717) is 50.7 Å². The van der Waals surface area contributed by atoms with Crippen molar-refractivity contribution in [3.05, 3.63) is 89.5 Å². The molecule has 3 aromatic carbocycles. The van der Waals surface area contributed by atoms with E-state index < -0.39 is 59.2 Å². The minimum Gasteiger partial charge on any atom is -0.380 e. The number of nitrogens with zero attached hydrogens (tertiary/aromatic N) is 3. The topological polar surface area (TPSA) is 128 Å². The van der Waals surface area contributed by atoms with E-state index in [4.69, 9.17) is 4.74 Å². The predicted molar refractivity (Wildman–Crippen MR) is 259 cm³/mol. The lowest BCUT2D eigenvalue weighted by molar-refractivity contribution is -0.0436. The zero-order valence-corrected chi connectivity index (χ0v) is 41.8. The van der Waals surface area contributed by atoms with Crippen molar-refractivity contribution in [2.24, 2.45) is 5.41 Å². The van der Waals surface area contributed by atoms with Crippen LogP contribution in [-0.4, -0.2) is 121 Å². The van der Waals surface area contributed by atoms with Gasteiger partial charge in [0.15, 0.2) is 0 Å². The standard InChI is InChI=1S/C49H66F5N5O6S3/c1-35(2)65-41-21-25-57(26-22-41)24-20-39(34-66-42-10-6-5-7-11-42)55-44-18-17-43(31-45(44)67(61,62)49(52,53)54)68(63,64)56-47(60)36-13-15-40(16-14-36)59-29-27-58(28-30-59)33-38-19-23-48(3,4)32-37(38)9-8-12-46(50)51/h5-7,10-11,13-18,31,35,39,41,46,55H,8-9,12,19-30,32-34H2,1-4H3,(H,56,60). The van der Waals surface area contributed by atoms with Crippen molar-refractivity contribution in [2.75, 3.05) is 68.3 Å². The fourth-order valence-corrected chi connectivity index (χ4v) is 12.2. The van der Waals surface area contributed by atoms with E-state index in [1.54, 1.807) is 12.1 Å². The van der Waals surface area contributed by atoms with Gasteiger partial charge in [-0.15, -0.1) is 11.8 Å². The number of carbonyl (C=O) groups is 1. The van der Waals surface area contributed by atoms with Crippen molar-refractivity contribution in [1.82, 2.24) is 14.5 Å². The lowest BCUT2D eigenvalue weighted by Gasteiger charge is -2.39. The quantitative estimate of drug-likeness (QED) is 0.0602. The van der Waals surface area contributed by atoms with Crippen molar-refractivity contribution < 1.29 is 48.3 Å². The van der Waals surface area contributed by atoms with Crippen molar-refractivity contribution >= 4 is 48.9 Å². The molecule has 3 aromatic rings. The van der Waals surface area contributed by atoms with Crippen molar-refractivity contribution in [1.29, 1.82) is 0 Å². The first-order chi connectivity index (χ1) is 32.1. The van der Waals surface area contributed by atoms with Crippen molar-refractivity contribution in [2.45, 2.75) is 130 Å². The van der Waals surface area contributed by atoms with E-state index in [2.05, 4.69) is 33.9 Å². The fourth-order valence-electron chi connectivity index (χ4n) is 9.14. The van der Waals surface area contributed by atoms with Crippen molar-refractivity contribution in [3.63, 3.8) is 0 Å². The summed E-state index contributed by atoms with van der Waals surface area (Å²) in [7, 11) is -10.9. The molecule has 2 aliphatic heterocycles. The molecule has 0 spiro atoms. The number of piperazine rings is 1. The van der Waals surface area contributed by atoms with Crippen LogP contribution in [0, 0.1) is 5.41 Å². The molecule has 376 valence electrons. The number of allylic oxidation sites excluding steroid dienone is 1. The molecule has 2 fully saturated rings. The molecule has 1 atom stereocenters. The number of hydrogen-bond acceptors (Lipinski definition) is 11. The molecule has 1 amide bonds. The van der Waals surface area contributed by atoms with Gasteiger partial charge in [-0.3, -0.25) is 9.69 Å². The molecule has 6 rings (SSSR count). The van der Waals surface area contributed by atoms with Crippen LogP contribution in [0.5, 0.6) is 0 Å². The highest BCUT2D eigenvalue weighted by molar-refractivity contribution is 7.99. The van der Waals surface area contributed by atoms with Gasteiger partial charge < -0.3 is 19.9 Å². The van der Waals surface area contributed by atoms with E-state index >= 15 is 0 Å².